The minimum atomic E-state index is -0.750. The number of rotatable bonds is 2. The van der Waals surface area contributed by atoms with Gasteiger partial charge in [-0.05, 0) is 12.5 Å². The molecule has 114 valence electrons. The van der Waals surface area contributed by atoms with Crippen LogP contribution in [0.4, 0.5) is 5.69 Å². The molecule has 7 nitrogen and oxygen atoms in total. The molecule has 1 aromatic carbocycles. The summed E-state index contributed by atoms with van der Waals surface area (Å²) in [6.07, 6.45) is 2.52. The zero-order valence-electron chi connectivity index (χ0n) is 11.9. The van der Waals surface area contributed by atoms with Crippen molar-refractivity contribution in [3.05, 3.63) is 35.7 Å². The maximum absolute atomic E-state index is 12.7. The fourth-order valence-corrected chi connectivity index (χ4v) is 3.24. The number of pyridine rings is 1. The Hall–Kier alpha value is -3.09. The molecule has 7 heteroatoms. The van der Waals surface area contributed by atoms with Crippen molar-refractivity contribution in [3.8, 4) is 0 Å². The van der Waals surface area contributed by atoms with E-state index in [0.29, 0.717) is 28.3 Å². The molecule has 2 aromatic rings. The van der Waals surface area contributed by atoms with Gasteiger partial charge in [0.25, 0.3) is 5.91 Å². The van der Waals surface area contributed by atoms with Crippen LogP contribution in [0, 0.1) is 0 Å². The lowest BCUT2D eigenvalue weighted by Gasteiger charge is -2.30. The molecule has 0 spiro atoms. The van der Waals surface area contributed by atoms with Gasteiger partial charge in [-0.3, -0.25) is 34.4 Å². The molecule has 1 atom stereocenters. The van der Waals surface area contributed by atoms with Gasteiger partial charge in [0.2, 0.25) is 11.8 Å². The van der Waals surface area contributed by atoms with Crippen molar-refractivity contribution in [3.63, 3.8) is 0 Å². The van der Waals surface area contributed by atoms with Crippen LogP contribution in [0.15, 0.2) is 24.4 Å². The Labute approximate surface area is 130 Å². The molecule has 1 saturated heterocycles. The van der Waals surface area contributed by atoms with Gasteiger partial charge in [-0.25, -0.2) is 0 Å². The third-order valence-corrected chi connectivity index (χ3v) is 4.26. The summed E-state index contributed by atoms with van der Waals surface area (Å²) in [5.41, 5.74) is 1.19. The van der Waals surface area contributed by atoms with Crippen molar-refractivity contribution in [2.75, 3.05) is 4.90 Å². The quantitative estimate of drug-likeness (QED) is 0.654. The van der Waals surface area contributed by atoms with Crippen LogP contribution in [-0.2, 0) is 9.59 Å². The minimum absolute atomic E-state index is 0.180. The van der Waals surface area contributed by atoms with E-state index < -0.39 is 11.9 Å². The monoisotopic (exact) mass is 309 g/mol. The second-order valence-corrected chi connectivity index (χ2v) is 5.52. The van der Waals surface area contributed by atoms with Gasteiger partial charge in [0.05, 0.1) is 11.9 Å². The molecule has 0 radical (unpaired) electrons. The van der Waals surface area contributed by atoms with Crippen LogP contribution in [0.3, 0.4) is 0 Å². The normalized spacial score (nSPS) is 20.1. The number of aldehydes is 1. The molecule has 1 fully saturated rings. The molecule has 0 aliphatic carbocycles. The van der Waals surface area contributed by atoms with E-state index in [2.05, 4.69) is 10.3 Å². The standard InChI is InChI=1S/C16H11N3O4/c20-7-10-8-2-1-3-9-14(8)12(6-17-10)19(16(9)23)11-4-5-13(21)18-15(11)22/h1-3,6-7,11H,4-5H2,(H,18,21,22). The molecule has 3 amide bonds. The van der Waals surface area contributed by atoms with Crippen LogP contribution < -0.4 is 10.2 Å². The van der Waals surface area contributed by atoms with Gasteiger partial charge >= 0.3 is 0 Å². The molecule has 1 aromatic heterocycles. The highest BCUT2D eigenvalue weighted by Crippen LogP contribution is 2.39. The summed E-state index contributed by atoms with van der Waals surface area (Å²) in [6.45, 7) is 0. The molecule has 2 aliphatic rings. The lowest BCUT2D eigenvalue weighted by atomic mass is 10.0. The largest absolute Gasteiger partial charge is 0.296 e. The molecule has 4 rings (SSSR count). The van der Waals surface area contributed by atoms with Crippen LogP contribution in [0.5, 0.6) is 0 Å². The van der Waals surface area contributed by atoms with Crippen molar-refractivity contribution in [1.82, 2.24) is 10.3 Å². The van der Waals surface area contributed by atoms with Gasteiger partial charge in [-0.1, -0.05) is 12.1 Å². The first-order valence-corrected chi connectivity index (χ1v) is 7.16. The average Bonchev–Trinajstić information content (AvgIpc) is 2.83. The first-order chi connectivity index (χ1) is 11.1. The molecule has 3 heterocycles. The smallest absolute Gasteiger partial charge is 0.259 e. The summed E-state index contributed by atoms with van der Waals surface area (Å²) < 4.78 is 0. The lowest BCUT2D eigenvalue weighted by Crippen LogP contribution is -2.53. The molecular weight excluding hydrogens is 298 g/mol. The first-order valence-electron chi connectivity index (χ1n) is 7.16. The molecule has 0 bridgehead atoms. The molecule has 1 unspecified atom stereocenters. The van der Waals surface area contributed by atoms with Crippen molar-refractivity contribution in [2.24, 2.45) is 0 Å². The Morgan fingerprint density at radius 2 is 2.09 bits per heavy atom. The van der Waals surface area contributed by atoms with Crippen molar-refractivity contribution >= 4 is 40.5 Å². The second-order valence-electron chi connectivity index (χ2n) is 5.52. The highest BCUT2D eigenvalue weighted by Gasteiger charge is 2.41. The van der Waals surface area contributed by atoms with E-state index in [1.807, 2.05) is 0 Å². The minimum Gasteiger partial charge on any atom is -0.296 e. The summed E-state index contributed by atoms with van der Waals surface area (Å²) >= 11 is 0. The average molecular weight is 309 g/mol. The van der Waals surface area contributed by atoms with Gasteiger partial charge in [-0.2, -0.15) is 0 Å². The Bertz CT molecular complexity index is 906. The summed E-state index contributed by atoms with van der Waals surface area (Å²) in [5.74, 6) is -1.14. The van der Waals surface area contributed by atoms with Crippen molar-refractivity contribution < 1.29 is 19.2 Å². The number of carbonyl (C=O) groups excluding carboxylic acids is 4. The van der Waals surface area contributed by atoms with Gasteiger partial charge in [0.15, 0.2) is 6.29 Å². The first kappa shape index (κ1) is 13.6. The van der Waals surface area contributed by atoms with Crippen LogP contribution >= 0.6 is 0 Å². The number of piperidine rings is 1. The van der Waals surface area contributed by atoms with Crippen LogP contribution in [0.1, 0.15) is 33.7 Å². The molecule has 0 saturated carbocycles. The van der Waals surface area contributed by atoms with E-state index in [-0.39, 0.29) is 30.3 Å². The summed E-state index contributed by atoms with van der Waals surface area (Å²) in [4.78, 5) is 52.8. The van der Waals surface area contributed by atoms with Crippen LogP contribution in [0.2, 0.25) is 0 Å². The van der Waals surface area contributed by atoms with E-state index in [0.717, 1.165) is 0 Å². The lowest BCUT2D eigenvalue weighted by molar-refractivity contribution is -0.134. The number of aromatic nitrogens is 1. The SMILES string of the molecule is O=Cc1ncc2c3c(cccc13)C(=O)N2C1CCC(=O)NC1=O. The number of anilines is 1. The molecular formula is C16H11N3O4. The Kier molecular flexibility index (Phi) is 2.77. The number of carbonyl (C=O) groups is 4. The summed E-state index contributed by atoms with van der Waals surface area (Å²) in [7, 11) is 0. The number of hydrogen-bond acceptors (Lipinski definition) is 5. The highest BCUT2D eigenvalue weighted by atomic mass is 16.2. The summed E-state index contributed by atoms with van der Waals surface area (Å²) in [6, 6.07) is 4.32. The van der Waals surface area contributed by atoms with E-state index in [1.54, 1.807) is 18.2 Å². The van der Waals surface area contributed by atoms with Crippen molar-refractivity contribution in [1.29, 1.82) is 0 Å². The van der Waals surface area contributed by atoms with E-state index >= 15 is 0 Å². The third kappa shape index (κ3) is 1.79. The van der Waals surface area contributed by atoms with Gasteiger partial charge in [-0.15, -0.1) is 0 Å². The van der Waals surface area contributed by atoms with Crippen LogP contribution in [-0.4, -0.2) is 35.0 Å². The van der Waals surface area contributed by atoms with E-state index in [9.17, 15) is 19.2 Å². The molecule has 23 heavy (non-hydrogen) atoms. The predicted octanol–water partition coefficient (Wildman–Crippen LogP) is 0.813. The van der Waals surface area contributed by atoms with Gasteiger partial charge < -0.3 is 0 Å². The number of nitrogens with one attached hydrogen (secondary N) is 1. The maximum Gasteiger partial charge on any atom is 0.259 e. The number of benzene rings is 1. The predicted molar refractivity (Wildman–Crippen MR) is 80.1 cm³/mol. The Morgan fingerprint density at radius 3 is 2.83 bits per heavy atom. The third-order valence-electron chi connectivity index (χ3n) is 4.26. The van der Waals surface area contributed by atoms with E-state index in [4.69, 9.17) is 0 Å². The number of nitrogens with zero attached hydrogens (tertiary/aromatic N) is 2. The Balaban J connectivity index is 1.90. The van der Waals surface area contributed by atoms with Crippen LogP contribution in [0.25, 0.3) is 10.8 Å². The zero-order chi connectivity index (χ0) is 16.1. The molecule has 1 N–H and O–H groups in total. The maximum atomic E-state index is 12.7. The fraction of sp³-hybridized carbons (Fsp3) is 0.188. The Morgan fingerprint density at radius 1 is 1.26 bits per heavy atom. The topological polar surface area (TPSA) is 96.4 Å². The zero-order valence-corrected chi connectivity index (χ0v) is 11.9. The number of imide groups is 1. The second kappa shape index (κ2) is 4.70. The van der Waals surface area contributed by atoms with E-state index in [1.165, 1.54) is 11.1 Å². The summed E-state index contributed by atoms with van der Waals surface area (Å²) in [5, 5.41) is 3.47. The number of amides is 3. The van der Waals surface area contributed by atoms with Gasteiger partial charge in [0.1, 0.15) is 11.7 Å². The fourth-order valence-electron chi connectivity index (χ4n) is 3.24. The van der Waals surface area contributed by atoms with Gasteiger partial charge in [0, 0.05) is 22.8 Å². The number of hydrogen-bond donors (Lipinski definition) is 1. The molecule has 2 aliphatic heterocycles. The van der Waals surface area contributed by atoms with Crippen molar-refractivity contribution in [2.45, 2.75) is 18.9 Å². The highest BCUT2D eigenvalue weighted by molar-refractivity contribution is 6.28.